The monoisotopic (exact) mass is 270 g/mol. The number of Topliss-reactive ketones (excluding diaryl/α,β-unsaturated/α-hetero) is 1. The molecule has 2 rings (SSSR count). The van der Waals surface area contributed by atoms with Crippen LogP contribution in [0.3, 0.4) is 0 Å². The highest BCUT2D eigenvalue weighted by atomic mass is 19.1. The van der Waals surface area contributed by atoms with Crippen molar-refractivity contribution in [3.05, 3.63) is 11.6 Å². The highest BCUT2D eigenvalue weighted by Gasteiger charge is 2.60. The second-order valence-corrected chi connectivity index (χ2v) is 6.06. The molecule has 19 heavy (non-hydrogen) atoms. The van der Waals surface area contributed by atoms with Crippen LogP contribution in [0.1, 0.15) is 40.0 Å². The van der Waals surface area contributed by atoms with Gasteiger partial charge in [0.25, 0.3) is 0 Å². The third-order valence-corrected chi connectivity index (χ3v) is 4.42. The van der Waals surface area contributed by atoms with Gasteiger partial charge < -0.3 is 9.47 Å². The lowest BCUT2D eigenvalue weighted by Crippen LogP contribution is -2.45. The summed E-state index contributed by atoms with van der Waals surface area (Å²) in [7, 11) is 1.58. The van der Waals surface area contributed by atoms with Crippen molar-refractivity contribution in [3.8, 4) is 0 Å². The molecule has 3 nitrogen and oxygen atoms in total. The number of carbonyl (C=O) groups excluding carboxylic acids is 1. The van der Waals surface area contributed by atoms with Gasteiger partial charge in [-0.05, 0) is 27.2 Å². The quantitative estimate of drug-likeness (QED) is 0.582. The maximum Gasteiger partial charge on any atom is 0.167 e. The number of halogens is 1. The number of carbonyl (C=O) groups is 1. The van der Waals surface area contributed by atoms with E-state index in [1.165, 1.54) is 5.57 Å². The number of alkyl halides is 1. The van der Waals surface area contributed by atoms with E-state index in [0.29, 0.717) is 0 Å². The molecule has 108 valence electrons. The summed E-state index contributed by atoms with van der Waals surface area (Å²) in [5.41, 5.74) is 0.910. The Kier molecular flexibility index (Phi) is 4.11. The fourth-order valence-corrected chi connectivity index (χ4v) is 3.03. The van der Waals surface area contributed by atoms with E-state index in [-0.39, 0.29) is 42.4 Å². The molecule has 1 heterocycles. The molecule has 0 aromatic heterocycles. The number of methoxy groups -OCH3 is 1. The number of rotatable bonds is 4. The van der Waals surface area contributed by atoms with Crippen molar-refractivity contribution in [1.82, 2.24) is 0 Å². The van der Waals surface area contributed by atoms with Gasteiger partial charge in [0.05, 0.1) is 17.8 Å². The van der Waals surface area contributed by atoms with E-state index < -0.39 is 6.17 Å². The fourth-order valence-electron chi connectivity index (χ4n) is 3.03. The van der Waals surface area contributed by atoms with Crippen LogP contribution in [0.15, 0.2) is 11.6 Å². The Balaban J connectivity index is 2.04. The smallest absolute Gasteiger partial charge is 0.167 e. The molecule has 0 bridgehead atoms. The maximum atomic E-state index is 13.5. The van der Waals surface area contributed by atoms with Gasteiger partial charge in [-0.2, -0.15) is 0 Å². The maximum absolute atomic E-state index is 13.5. The Hall–Kier alpha value is -0.740. The number of epoxide rings is 1. The van der Waals surface area contributed by atoms with Crippen molar-refractivity contribution in [2.24, 2.45) is 5.92 Å². The van der Waals surface area contributed by atoms with E-state index in [4.69, 9.17) is 9.47 Å². The fraction of sp³-hybridized carbons (Fsp3) is 0.800. The first-order valence-corrected chi connectivity index (χ1v) is 6.89. The molecule has 1 saturated carbocycles. The highest BCUT2D eigenvalue weighted by Crippen LogP contribution is 2.50. The summed E-state index contributed by atoms with van der Waals surface area (Å²) in [5.74, 6) is -0.344. The topological polar surface area (TPSA) is 38.8 Å². The van der Waals surface area contributed by atoms with Gasteiger partial charge in [-0.3, -0.25) is 4.79 Å². The average Bonchev–Trinajstić information content (AvgIpc) is 3.02. The molecule has 0 N–H and O–H groups in total. The third-order valence-electron chi connectivity index (χ3n) is 4.42. The summed E-state index contributed by atoms with van der Waals surface area (Å²) in [6.45, 7) is 6.12. The zero-order valence-corrected chi connectivity index (χ0v) is 12.1. The van der Waals surface area contributed by atoms with Crippen LogP contribution in [-0.4, -0.2) is 36.9 Å². The molecular weight excluding hydrogens is 247 g/mol. The molecule has 2 fully saturated rings. The molecule has 0 spiro atoms. The molecule has 0 radical (unpaired) electrons. The normalized spacial score (nSPS) is 42.1. The lowest BCUT2D eigenvalue weighted by atomic mass is 9.75. The van der Waals surface area contributed by atoms with Gasteiger partial charge in [-0.1, -0.05) is 11.6 Å². The summed E-state index contributed by atoms with van der Waals surface area (Å²) < 4.78 is 24.7. The molecule has 1 aliphatic carbocycles. The highest BCUT2D eigenvalue weighted by molar-refractivity contribution is 5.84. The van der Waals surface area contributed by atoms with E-state index in [1.807, 2.05) is 6.92 Å². The van der Waals surface area contributed by atoms with Crippen LogP contribution < -0.4 is 0 Å². The van der Waals surface area contributed by atoms with Crippen LogP contribution >= 0.6 is 0 Å². The first-order valence-electron chi connectivity index (χ1n) is 6.89. The SMILES string of the molecule is COC1CC(F)C(=O)CC1[C@]1(C)OC1CC=C(C)C. The summed E-state index contributed by atoms with van der Waals surface area (Å²) in [6.07, 6.45) is 1.89. The molecule has 1 aliphatic heterocycles. The van der Waals surface area contributed by atoms with Gasteiger partial charge in [0.15, 0.2) is 12.0 Å². The zero-order chi connectivity index (χ0) is 14.2. The Morgan fingerprint density at radius 1 is 1.58 bits per heavy atom. The molecule has 0 amide bonds. The number of ether oxygens (including phenoxy) is 2. The summed E-state index contributed by atoms with van der Waals surface area (Å²) >= 11 is 0. The van der Waals surface area contributed by atoms with E-state index in [9.17, 15) is 9.18 Å². The Morgan fingerprint density at radius 3 is 2.84 bits per heavy atom. The number of ketones is 1. The molecule has 0 aromatic carbocycles. The van der Waals surface area contributed by atoms with Gasteiger partial charge in [0.2, 0.25) is 0 Å². The number of hydrogen-bond acceptors (Lipinski definition) is 3. The second-order valence-electron chi connectivity index (χ2n) is 6.06. The molecule has 5 atom stereocenters. The first kappa shape index (κ1) is 14.7. The summed E-state index contributed by atoms with van der Waals surface area (Å²) in [6, 6.07) is 0. The number of hydrogen-bond donors (Lipinski definition) is 0. The third kappa shape index (κ3) is 2.90. The predicted molar refractivity (Wildman–Crippen MR) is 70.8 cm³/mol. The van der Waals surface area contributed by atoms with Gasteiger partial charge in [0.1, 0.15) is 0 Å². The predicted octanol–water partition coefficient (Wildman–Crippen LogP) is 2.83. The molecule has 1 saturated heterocycles. The molecule has 0 aromatic rings. The van der Waals surface area contributed by atoms with Crippen LogP contribution in [0.25, 0.3) is 0 Å². The van der Waals surface area contributed by atoms with Crippen molar-refractivity contribution in [3.63, 3.8) is 0 Å². The Morgan fingerprint density at radius 2 is 2.26 bits per heavy atom. The standard InChI is InChI=1S/C15H23FO3/c1-9(2)5-6-14-15(3,19-14)10-7-12(17)11(16)8-13(10)18-4/h5,10-11,13-14H,6-8H2,1-4H3/t10?,11?,13?,14?,15-/m0/s1. The number of allylic oxidation sites excluding steroid dienone is 1. The molecule has 4 heteroatoms. The van der Waals surface area contributed by atoms with Crippen molar-refractivity contribution in [2.45, 2.75) is 64.0 Å². The van der Waals surface area contributed by atoms with Crippen molar-refractivity contribution >= 4 is 5.78 Å². The lowest BCUT2D eigenvalue weighted by molar-refractivity contribution is -0.134. The molecule has 2 aliphatic rings. The van der Waals surface area contributed by atoms with E-state index in [0.717, 1.165) is 6.42 Å². The second kappa shape index (κ2) is 5.33. The molecule has 4 unspecified atom stereocenters. The van der Waals surface area contributed by atoms with E-state index in [1.54, 1.807) is 7.11 Å². The first-order chi connectivity index (χ1) is 8.88. The van der Waals surface area contributed by atoms with Gasteiger partial charge in [0, 0.05) is 25.9 Å². The average molecular weight is 270 g/mol. The zero-order valence-electron chi connectivity index (χ0n) is 12.1. The van der Waals surface area contributed by atoms with Crippen LogP contribution in [0.5, 0.6) is 0 Å². The van der Waals surface area contributed by atoms with Gasteiger partial charge in [-0.15, -0.1) is 0 Å². The van der Waals surface area contributed by atoms with Gasteiger partial charge in [-0.25, -0.2) is 4.39 Å². The van der Waals surface area contributed by atoms with Crippen LogP contribution in [0.4, 0.5) is 4.39 Å². The summed E-state index contributed by atoms with van der Waals surface area (Å²) in [5, 5.41) is 0. The van der Waals surface area contributed by atoms with E-state index >= 15 is 0 Å². The van der Waals surface area contributed by atoms with E-state index in [2.05, 4.69) is 19.9 Å². The van der Waals surface area contributed by atoms with Crippen molar-refractivity contribution in [1.29, 1.82) is 0 Å². The minimum atomic E-state index is -1.38. The molecular formula is C15H23FO3. The van der Waals surface area contributed by atoms with Crippen LogP contribution in [0, 0.1) is 5.92 Å². The van der Waals surface area contributed by atoms with Gasteiger partial charge >= 0.3 is 0 Å². The van der Waals surface area contributed by atoms with Crippen molar-refractivity contribution < 1.29 is 18.7 Å². The largest absolute Gasteiger partial charge is 0.381 e. The van der Waals surface area contributed by atoms with Crippen LogP contribution in [0.2, 0.25) is 0 Å². The Labute approximate surface area is 114 Å². The summed E-state index contributed by atoms with van der Waals surface area (Å²) in [4.78, 5) is 11.6. The minimum absolute atomic E-state index is 0.0347. The van der Waals surface area contributed by atoms with Crippen LogP contribution in [-0.2, 0) is 14.3 Å². The minimum Gasteiger partial charge on any atom is -0.381 e. The Bertz CT molecular complexity index is 389. The lowest BCUT2D eigenvalue weighted by Gasteiger charge is -2.34. The van der Waals surface area contributed by atoms with Crippen molar-refractivity contribution in [2.75, 3.05) is 7.11 Å².